The van der Waals surface area contributed by atoms with Crippen molar-refractivity contribution in [2.45, 2.75) is 32.7 Å². The second-order valence-corrected chi connectivity index (χ2v) is 5.03. The highest BCUT2D eigenvalue weighted by molar-refractivity contribution is 6.30. The Kier molecular flexibility index (Phi) is 3.75. The fourth-order valence-electron chi connectivity index (χ4n) is 1.34. The largest absolute Gasteiger partial charge is 0.355 e. The molecule has 0 radical (unpaired) electrons. The highest BCUT2D eigenvalue weighted by Gasteiger charge is 2.14. The van der Waals surface area contributed by atoms with Crippen LogP contribution in [0.4, 0.5) is 0 Å². The molecule has 1 amide bonds. The molecule has 15 heavy (non-hydrogen) atoms. The summed E-state index contributed by atoms with van der Waals surface area (Å²) >= 11 is 6.02. The number of benzene rings is 1. The molecule has 3 heteroatoms. The smallest absolute Gasteiger partial charge is 0.207 e. The Morgan fingerprint density at radius 2 is 2.00 bits per heavy atom. The van der Waals surface area contributed by atoms with Crippen LogP contribution in [0.3, 0.4) is 0 Å². The number of nitrogens with one attached hydrogen (secondary N) is 1. The maximum absolute atomic E-state index is 10.2. The van der Waals surface area contributed by atoms with E-state index in [9.17, 15) is 4.79 Å². The Labute approximate surface area is 95.6 Å². The van der Waals surface area contributed by atoms with Crippen molar-refractivity contribution in [2.24, 2.45) is 0 Å². The van der Waals surface area contributed by atoms with E-state index < -0.39 is 0 Å². The summed E-state index contributed by atoms with van der Waals surface area (Å²) in [5.41, 5.74) is 2.28. The van der Waals surface area contributed by atoms with Crippen molar-refractivity contribution in [1.82, 2.24) is 5.32 Å². The Bertz CT molecular complexity index is 355. The molecule has 1 aromatic carbocycles. The Hall–Kier alpha value is -1.02. The molecule has 1 rings (SSSR count). The first-order valence-electron chi connectivity index (χ1n) is 4.90. The van der Waals surface area contributed by atoms with Crippen LogP contribution in [0.25, 0.3) is 0 Å². The Morgan fingerprint density at radius 1 is 1.33 bits per heavy atom. The van der Waals surface area contributed by atoms with Crippen molar-refractivity contribution in [2.75, 3.05) is 0 Å². The third-order valence-corrected chi connectivity index (χ3v) is 2.43. The van der Waals surface area contributed by atoms with E-state index in [2.05, 4.69) is 32.2 Å². The standard InChI is InChI=1S/C12H16ClNO/c1-12(2,3)10-4-9(7-14-8-15)5-11(13)6-10/h4-6,8H,7H2,1-3H3,(H,14,15). The van der Waals surface area contributed by atoms with Gasteiger partial charge in [0.05, 0.1) is 0 Å². The summed E-state index contributed by atoms with van der Waals surface area (Å²) in [5.74, 6) is 0. The second-order valence-electron chi connectivity index (χ2n) is 4.60. The highest BCUT2D eigenvalue weighted by atomic mass is 35.5. The average Bonchev–Trinajstić information content (AvgIpc) is 2.12. The maximum Gasteiger partial charge on any atom is 0.207 e. The summed E-state index contributed by atoms with van der Waals surface area (Å²) in [5, 5.41) is 3.34. The van der Waals surface area contributed by atoms with Crippen LogP contribution in [0.1, 0.15) is 31.9 Å². The van der Waals surface area contributed by atoms with Gasteiger partial charge in [0.25, 0.3) is 0 Å². The lowest BCUT2D eigenvalue weighted by Gasteiger charge is -2.20. The molecule has 0 saturated heterocycles. The van der Waals surface area contributed by atoms with Crippen molar-refractivity contribution < 1.29 is 4.79 Å². The first-order chi connectivity index (χ1) is 6.93. The number of hydrogen-bond donors (Lipinski definition) is 1. The van der Waals surface area contributed by atoms with E-state index in [0.29, 0.717) is 18.0 Å². The van der Waals surface area contributed by atoms with Crippen molar-refractivity contribution in [1.29, 1.82) is 0 Å². The van der Waals surface area contributed by atoms with Gasteiger partial charge in [-0.1, -0.05) is 38.4 Å². The average molecular weight is 226 g/mol. The molecule has 0 atom stereocenters. The van der Waals surface area contributed by atoms with Crippen LogP contribution in [0.2, 0.25) is 5.02 Å². The van der Waals surface area contributed by atoms with Crippen LogP contribution in [0, 0.1) is 0 Å². The zero-order valence-corrected chi connectivity index (χ0v) is 10.1. The van der Waals surface area contributed by atoms with Crippen LogP contribution in [-0.4, -0.2) is 6.41 Å². The molecule has 0 bridgehead atoms. The maximum atomic E-state index is 10.2. The van der Waals surface area contributed by atoms with Crippen molar-refractivity contribution in [3.63, 3.8) is 0 Å². The van der Waals surface area contributed by atoms with Gasteiger partial charge in [0.1, 0.15) is 0 Å². The van der Waals surface area contributed by atoms with E-state index in [4.69, 9.17) is 11.6 Å². The van der Waals surface area contributed by atoms with Gasteiger partial charge >= 0.3 is 0 Å². The lowest BCUT2D eigenvalue weighted by molar-refractivity contribution is -0.109. The fourth-order valence-corrected chi connectivity index (χ4v) is 1.60. The Balaban J connectivity index is 3.00. The number of carbonyl (C=O) groups is 1. The van der Waals surface area contributed by atoms with Crippen molar-refractivity contribution >= 4 is 18.0 Å². The Morgan fingerprint density at radius 3 is 2.53 bits per heavy atom. The number of hydrogen-bond acceptors (Lipinski definition) is 1. The zero-order chi connectivity index (χ0) is 11.5. The molecule has 0 aliphatic carbocycles. The molecule has 82 valence electrons. The van der Waals surface area contributed by atoms with E-state index in [-0.39, 0.29) is 5.41 Å². The molecule has 1 N–H and O–H groups in total. The molecule has 0 aliphatic heterocycles. The molecule has 0 aliphatic rings. The number of amides is 1. The minimum atomic E-state index is 0.0703. The molecule has 0 spiro atoms. The number of rotatable bonds is 3. The SMILES string of the molecule is CC(C)(C)c1cc(Cl)cc(CNC=O)c1. The molecule has 0 saturated carbocycles. The lowest BCUT2D eigenvalue weighted by atomic mass is 9.86. The summed E-state index contributed by atoms with van der Waals surface area (Å²) in [7, 11) is 0. The quantitative estimate of drug-likeness (QED) is 0.788. The summed E-state index contributed by atoms with van der Waals surface area (Å²) in [6, 6.07) is 5.90. The van der Waals surface area contributed by atoms with Crippen LogP contribution in [0.15, 0.2) is 18.2 Å². The molecule has 1 aromatic rings. The van der Waals surface area contributed by atoms with E-state index in [1.165, 1.54) is 5.56 Å². The monoisotopic (exact) mass is 225 g/mol. The van der Waals surface area contributed by atoms with Gasteiger partial charge in [0.2, 0.25) is 6.41 Å². The minimum absolute atomic E-state index is 0.0703. The van der Waals surface area contributed by atoms with E-state index in [1.807, 2.05) is 12.1 Å². The van der Waals surface area contributed by atoms with Crippen LogP contribution >= 0.6 is 11.6 Å². The first kappa shape index (κ1) is 12.1. The van der Waals surface area contributed by atoms with Gasteiger partial charge in [0.15, 0.2) is 0 Å². The van der Waals surface area contributed by atoms with Gasteiger partial charge in [-0.3, -0.25) is 4.79 Å². The van der Waals surface area contributed by atoms with Crippen LogP contribution in [0.5, 0.6) is 0 Å². The minimum Gasteiger partial charge on any atom is -0.355 e. The lowest BCUT2D eigenvalue weighted by Crippen LogP contribution is -2.14. The van der Waals surface area contributed by atoms with Gasteiger partial charge in [-0.25, -0.2) is 0 Å². The fraction of sp³-hybridized carbons (Fsp3) is 0.417. The molecular formula is C12H16ClNO. The van der Waals surface area contributed by atoms with Crippen LogP contribution < -0.4 is 5.32 Å². The second kappa shape index (κ2) is 4.67. The van der Waals surface area contributed by atoms with Gasteiger partial charge in [-0.2, -0.15) is 0 Å². The van der Waals surface area contributed by atoms with Gasteiger partial charge < -0.3 is 5.32 Å². The van der Waals surface area contributed by atoms with E-state index in [0.717, 1.165) is 5.56 Å². The normalized spacial score (nSPS) is 11.2. The topological polar surface area (TPSA) is 29.1 Å². The summed E-state index contributed by atoms with van der Waals surface area (Å²) < 4.78 is 0. The van der Waals surface area contributed by atoms with E-state index >= 15 is 0 Å². The summed E-state index contributed by atoms with van der Waals surface area (Å²) in [4.78, 5) is 10.2. The molecule has 0 fully saturated rings. The zero-order valence-electron chi connectivity index (χ0n) is 9.30. The summed E-state index contributed by atoms with van der Waals surface area (Å²) in [6.07, 6.45) is 0.692. The first-order valence-corrected chi connectivity index (χ1v) is 5.28. The van der Waals surface area contributed by atoms with Gasteiger partial charge in [-0.15, -0.1) is 0 Å². The highest BCUT2D eigenvalue weighted by Crippen LogP contribution is 2.26. The molecule has 0 unspecified atom stereocenters. The molecule has 2 nitrogen and oxygen atoms in total. The molecule has 0 aromatic heterocycles. The van der Waals surface area contributed by atoms with Crippen LogP contribution in [-0.2, 0) is 16.8 Å². The van der Waals surface area contributed by atoms with Gasteiger partial charge in [-0.05, 0) is 28.7 Å². The third kappa shape index (κ3) is 3.56. The molecular weight excluding hydrogens is 210 g/mol. The van der Waals surface area contributed by atoms with Crippen molar-refractivity contribution in [3.8, 4) is 0 Å². The summed E-state index contributed by atoms with van der Waals surface area (Å²) in [6.45, 7) is 6.92. The predicted octanol–water partition coefficient (Wildman–Crippen LogP) is 2.88. The van der Waals surface area contributed by atoms with Crippen molar-refractivity contribution in [3.05, 3.63) is 34.3 Å². The number of carbonyl (C=O) groups excluding carboxylic acids is 1. The predicted molar refractivity (Wildman–Crippen MR) is 63.1 cm³/mol. The van der Waals surface area contributed by atoms with Gasteiger partial charge in [0, 0.05) is 11.6 Å². The van der Waals surface area contributed by atoms with E-state index in [1.54, 1.807) is 0 Å². The number of halogens is 1. The third-order valence-electron chi connectivity index (χ3n) is 2.21. The molecule has 0 heterocycles.